The van der Waals surface area contributed by atoms with Gasteiger partial charge in [0.2, 0.25) is 10.0 Å². The average molecular weight is 315 g/mol. The van der Waals surface area contributed by atoms with Gasteiger partial charge in [0.1, 0.15) is 0 Å². The van der Waals surface area contributed by atoms with Crippen LogP contribution in [0.3, 0.4) is 0 Å². The number of nitrogens with one attached hydrogen (secondary N) is 1. The number of ether oxygens (including phenoxy) is 1. The molecule has 0 amide bonds. The Morgan fingerprint density at radius 1 is 1.33 bits per heavy atom. The van der Waals surface area contributed by atoms with Crippen molar-refractivity contribution in [3.8, 4) is 0 Å². The molecule has 2 N–H and O–H groups in total. The predicted molar refractivity (Wildman–Crippen MR) is 79.3 cm³/mol. The topological polar surface area (TPSA) is 92.7 Å². The largest absolute Gasteiger partial charge is 0.465 e. The summed E-state index contributed by atoms with van der Waals surface area (Å²) in [5.74, 6) is -0.535. The maximum Gasteiger partial charge on any atom is 0.337 e. The highest BCUT2D eigenvalue weighted by Crippen LogP contribution is 2.09. The maximum atomic E-state index is 11.9. The highest BCUT2D eigenvalue weighted by atomic mass is 32.2. The smallest absolute Gasteiger partial charge is 0.337 e. The Hall–Kier alpha value is -1.44. The van der Waals surface area contributed by atoms with Gasteiger partial charge in [0.15, 0.2) is 0 Å². The van der Waals surface area contributed by atoms with Crippen LogP contribution in [0.25, 0.3) is 0 Å². The third-order valence-electron chi connectivity index (χ3n) is 3.01. The zero-order valence-electron chi connectivity index (χ0n) is 12.2. The van der Waals surface area contributed by atoms with Crippen molar-refractivity contribution in [2.45, 2.75) is 19.1 Å². The summed E-state index contributed by atoms with van der Waals surface area (Å²) in [6.07, 6.45) is 0.552. The second-order valence-electron chi connectivity index (χ2n) is 4.91. The normalized spacial score (nSPS) is 12.9. The molecular weight excluding hydrogens is 294 g/mol. The van der Waals surface area contributed by atoms with Gasteiger partial charge in [0.05, 0.1) is 18.4 Å². The molecule has 1 rings (SSSR count). The quantitative estimate of drug-likeness (QED) is 0.696. The van der Waals surface area contributed by atoms with Crippen LogP contribution in [-0.2, 0) is 20.5 Å². The lowest BCUT2D eigenvalue weighted by Crippen LogP contribution is -2.29. The Morgan fingerprint density at radius 2 is 1.95 bits per heavy atom. The first kappa shape index (κ1) is 17.6. The Balaban J connectivity index is 2.61. The van der Waals surface area contributed by atoms with Gasteiger partial charge in [-0.05, 0) is 30.0 Å². The zero-order chi connectivity index (χ0) is 15.9. The minimum Gasteiger partial charge on any atom is -0.465 e. The third-order valence-corrected chi connectivity index (χ3v) is 4.33. The fraction of sp³-hybridized carbons (Fsp3) is 0.500. The molecule has 1 unspecified atom stereocenters. The highest BCUT2D eigenvalue weighted by molar-refractivity contribution is 7.88. The van der Waals surface area contributed by atoms with E-state index >= 15 is 0 Å². The lowest BCUT2D eigenvalue weighted by molar-refractivity contribution is 0.0600. The summed E-state index contributed by atoms with van der Waals surface area (Å²) >= 11 is 0. The molecule has 0 heterocycles. The highest BCUT2D eigenvalue weighted by Gasteiger charge is 2.13. The molecule has 1 aromatic rings. The van der Waals surface area contributed by atoms with Gasteiger partial charge < -0.3 is 9.84 Å². The summed E-state index contributed by atoms with van der Waals surface area (Å²) in [6.45, 7) is 2.20. The molecule has 0 fully saturated rings. The van der Waals surface area contributed by atoms with Crippen LogP contribution in [-0.4, -0.2) is 39.8 Å². The fourth-order valence-corrected chi connectivity index (χ4v) is 2.99. The van der Waals surface area contributed by atoms with E-state index in [9.17, 15) is 13.2 Å². The van der Waals surface area contributed by atoms with Crippen molar-refractivity contribution in [1.29, 1.82) is 0 Å². The minimum atomic E-state index is -3.43. The molecule has 0 bridgehead atoms. The van der Waals surface area contributed by atoms with Crippen molar-refractivity contribution >= 4 is 16.0 Å². The number of esters is 1. The van der Waals surface area contributed by atoms with E-state index < -0.39 is 16.0 Å². The Labute approximate surface area is 125 Å². The van der Waals surface area contributed by atoms with Gasteiger partial charge in [-0.3, -0.25) is 0 Å². The predicted octanol–water partition coefficient (Wildman–Crippen LogP) is 0.911. The molecule has 118 valence electrons. The van der Waals surface area contributed by atoms with E-state index in [-0.39, 0.29) is 18.3 Å². The van der Waals surface area contributed by atoms with Crippen molar-refractivity contribution in [2.24, 2.45) is 5.92 Å². The van der Waals surface area contributed by atoms with Crippen molar-refractivity contribution in [3.63, 3.8) is 0 Å². The number of aliphatic hydroxyl groups is 1. The number of methoxy groups -OCH3 is 1. The molecule has 0 radical (unpaired) electrons. The second kappa shape index (κ2) is 8.11. The first-order valence-electron chi connectivity index (χ1n) is 6.63. The number of aliphatic hydroxyl groups excluding tert-OH is 1. The van der Waals surface area contributed by atoms with Gasteiger partial charge in [-0.25, -0.2) is 17.9 Å². The molecular formula is C14H21NO5S. The molecule has 21 heavy (non-hydrogen) atoms. The van der Waals surface area contributed by atoms with Crippen LogP contribution in [0.4, 0.5) is 0 Å². The van der Waals surface area contributed by atoms with E-state index in [4.69, 9.17) is 5.11 Å². The monoisotopic (exact) mass is 315 g/mol. The van der Waals surface area contributed by atoms with Crippen LogP contribution in [0, 0.1) is 5.92 Å². The molecule has 0 aromatic heterocycles. The van der Waals surface area contributed by atoms with E-state index in [1.807, 2.05) is 6.92 Å². The van der Waals surface area contributed by atoms with Crippen LogP contribution in [0.15, 0.2) is 24.3 Å². The third kappa shape index (κ3) is 6.24. The van der Waals surface area contributed by atoms with Gasteiger partial charge in [-0.2, -0.15) is 0 Å². The van der Waals surface area contributed by atoms with Crippen molar-refractivity contribution < 1.29 is 23.1 Å². The van der Waals surface area contributed by atoms with E-state index in [0.29, 0.717) is 24.1 Å². The second-order valence-corrected chi connectivity index (χ2v) is 6.72. The van der Waals surface area contributed by atoms with Gasteiger partial charge in [0, 0.05) is 13.2 Å². The van der Waals surface area contributed by atoms with Crippen LogP contribution in [0.2, 0.25) is 0 Å². The molecule has 7 heteroatoms. The van der Waals surface area contributed by atoms with Crippen LogP contribution in [0.5, 0.6) is 0 Å². The molecule has 0 aliphatic carbocycles. The number of hydrogen-bond acceptors (Lipinski definition) is 5. The molecule has 0 spiro atoms. The standard InChI is InChI=1S/C14H21NO5S/c1-11(7-8-16)9-15-21(18,19)10-12-3-5-13(6-4-12)14(17)20-2/h3-6,11,15-16H,7-10H2,1-2H3. The van der Waals surface area contributed by atoms with Gasteiger partial charge in [-0.15, -0.1) is 0 Å². The Bertz CT molecular complexity index is 553. The summed E-state index contributed by atoms with van der Waals surface area (Å²) in [5, 5.41) is 8.78. The van der Waals surface area contributed by atoms with Gasteiger partial charge in [-0.1, -0.05) is 19.1 Å². The number of carbonyl (C=O) groups excluding carboxylic acids is 1. The number of benzene rings is 1. The number of carbonyl (C=O) groups is 1. The van der Waals surface area contributed by atoms with E-state index in [0.717, 1.165) is 0 Å². The molecule has 0 saturated heterocycles. The van der Waals surface area contributed by atoms with Crippen LogP contribution >= 0.6 is 0 Å². The van der Waals surface area contributed by atoms with Crippen molar-refractivity contribution in [1.82, 2.24) is 4.72 Å². The summed E-state index contributed by atoms with van der Waals surface area (Å²) < 4.78 is 30.9. The van der Waals surface area contributed by atoms with Crippen LogP contribution in [0.1, 0.15) is 29.3 Å². The van der Waals surface area contributed by atoms with E-state index in [1.165, 1.54) is 19.2 Å². The Kier molecular flexibility index (Phi) is 6.80. The number of sulfonamides is 1. The maximum absolute atomic E-state index is 11.9. The first-order chi connectivity index (χ1) is 9.88. The molecule has 0 saturated carbocycles. The fourth-order valence-electron chi connectivity index (χ4n) is 1.72. The van der Waals surface area contributed by atoms with Crippen LogP contribution < -0.4 is 4.72 Å². The minimum absolute atomic E-state index is 0.0396. The summed E-state index contributed by atoms with van der Waals surface area (Å²) in [4.78, 5) is 11.3. The molecule has 1 atom stereocenters. The zero-order valence-corrected chi connectivity index (χ0v) is 13.0. The lowest BCUT2D eigenvalue weighted by atomic mass is 10.1. The number of hydrogen-bond donors (Lipinski definition) is 2. The summed E-state index contributed by atoms with van der Waals surface area (Å²) in [7, 11) is -2.14. The van der Waals surface area contributed by atoms with Gasteiger partial charge in [0.25, 0.3) is 0 Å². The Morgan fingerprint density at radius 3 is 2.48 bits per heavy atom. The molecule has 0 aliphatic heterocycles. The summed E-state index contributed by atoms with van der Waals surface area (Å²) in [6, 6.07) is 6.24. The van der Waals surface area contributed by atoms with E-state index in [1.54, 1.807) is 12.1 Å². The van der Waals surface area contributed by atoms with Crippen molar-refractivity contribution in [2.75, 3.05) is 20.3 Å². The SMILES string of the molecule is COC(=O)c1ccc(CS(=O)(=O)NCC(C)CCO)cc1. The number of rotatable bonds is 8. The van der Waals surface area contributed by atoms with Crippen molar-refractivity contribution in [3.05, 3.63) is 35.4 Å². The van der Waals surface area contributed by atoms with Gasteiger partial charge >= 0.3 is 5.97 Å². The molecule has 6 nitrogen and oxygen atoms in total. The molecule has 0 aliphatic rings. The summed E-state index contributed by atoms with van der Waals surface area (Å²) in [5.41, 5.74) is 0.966. The average Bonchev–Trinajstić information content (AvgIpc) is 2.45. The van der Waals surface area contributed by atoms with E-state index in [2.05, 4.69) is 9.46 Å². The lowest BCUT2D eigenvalue weighted by Gasteiger charge is -2.11. The molecule has 1 aromatic carbocycles. The first-order valence-corrected chi connectivity index (χ1v) is 8.28.